The van der Waals surface area contributed by atoms with Crippen molar-refractivity contribution < 1.29 is 9.32 Å². The van der Waals surface area contributed by atoms with Crippen molar-refractivity contribution in [2.24, 2.45) is 0 Å². The van der Waals surface area contributed by atoms with Crippen LogP contribution in [-0.4, -0.2) is 20.9 Å². The molecule has 0 spiro atoms. The van der Waals surface area contributed by atoms with Crippen LogP contribution in [0.5, 0.6) is 0 Å². The lowest BCUT2D eigenvalue weighted by molar-refractivity contribution is -0.116. The normalized spacial score (nSPS) is 10.5. The van der Waals surface area contributed by atoms with Gasteiger partial charge in [-0.1, -0.05) is 5.16 Å². The Labute approximate surface area is 98.9 Å². The van der Waals surface area contributed by atoms with Crippen LogP contribution in [0.15, 0.2) is 16.7 Å². The second kappa shape index (κ2) is 4.45. The van der Waals surface area contributed by atoms with Gasteiger partial charge in [0.05, 0.1) is 6.42 Å². The number of carbonyl (C=O) groups is 1. The zero-order valence-electron chi connectivity index (χ0n) is 10.0. The molecule has 5 heteroatoms. The Morgan fingerprint density at radius 2 is 1.88 bits per heavy atom. The maximum absolute atomic E-state index is 10.9. The molecular formula is C12H13N3O2. The molecule has 0 aliphatic carbocycles. The van der Waals surface area contributed by atoms with E-state index >= 15 is 0 Å². The number of hydrogen-bond acceptors (Lipinski definition) is 5. The first kappa shape index (κ1) is 11.4. The van der Waals surface area contributed by atoms with Crippen molar-refractivity contribution in [3.63, 3.8) is 0 Å². The van der Waals surface area contributed by atoms with Crippen molar-refractivity contribution in [1.29, 1.82) is 0 Å². The third kappa shape index (κ3) is 2.75. The molecule has 0 atom stereocenters. The molecule has 2 aromatic heterocycles. The summed E-state index contributed by atoms with van der Waals surface area (Å²) < 4.78 is 5.01. The van der Waals surface area contributed by atoms with Gasteiger partial charge in [-0.3, -0.25) is 9.78 Å². The molecule has 0 aromatic carbocycles. The van der Waals surface area contributed by atoms with E-state index in [4.69, 9.17) is 4.52 Å². The summed E-state index contributed by atoms with van der Waals surface area (Å²) in [6.45, 7) is 5.31. The average Bonchev–Trinajstić information content (AvgIpc) is 2.63. The highest BCUT2D eigenvalue weighted by atomic mass is 16.5. The number of aryl methyl sites for hydroxylation is 2. The summed E-state index contributed by atoms with van der Waals surface area (Å²) in [5.74, 6) is 0.844. The fraction of sp³-hybridized carbons (Fsp3) is 0.333. The molecule has 0 aliphatic rings. The van der Waals surface area contributed by atoms with Gasteiger partial charge in [-0.15, -0.1) is 0 Å². The molecule has 5 nitrogen and oxygen atoms in total. The molecule has 17 heavy (non-hydrogen) atoms. The van der Waals surface area contributed by atoms with Crippen LogP contribution >= 0.6 is 0 Å². The van der Waals surface area contributed by atoms with Crippen LogP contribution in [0.4, 0.5) is 0 Å². The Kier molecular flexibility index (Phi) is 2.99. The molecular weight excluding hydrogens is 218 g/mol. The minimum atomic E-state index is 0.00212. The van der Waals surface area contributed by atoms with Crippen LogP contribution in [0.3, 0.4) is 0 Å². The van der Waals surface area contributed by atoms with Gasteiger partial charge in [-0.05, 0) is 32.9 Å². The van der Waals surface area contributed by atoms with Crippen LogP contribution < -0.4 is 0 Å². The van der Waals surface area contributed by atoms with E-state index in [9.17, 15) is 4.79 Å². The van der Waals surface area contributed by atoms with Gasteiger partial charge in [0.25, 0.3) is 0 Å². The van der Waals surface area contributed by atoms with Gasteiger partial charge in [0.2, 0.25) is 11.7 Å². The molecule has 88 valence electrons. The third-order valence-corrected chi connectivity index (χ3v) is 2.21. The number of aromatic nitrogens is 3. The summed E-state index contributed by atoms with van der Waals surface area (Å²) in [5.41, 5.74) is 2.66. The maximum atomic E-state index is 10.9. The number of Topliss-reactive ketones (excluding diaryl/α,β-unsaturated/α-hetero) is 1. The molecule has 0 N–H and O–H groups in total. The summed E-state index contributed by atoms with van der Waals surface area (Å²) in [5, 5.41) is 3.86. The van der Waals surface area contributed by atoms with Crippen molar-refractivity contribution in [2.45, 2.75) is 27.2 Å². The molecule has 0 saturated heterocycles. The second-order valence-corrected chi connectivity index (χ2v) is 4.03. The zero-order chi connectivity index (χ0) is 12.4. The number of carbonyl (C=O) groups excluding carboxylic acids is 1. The van der Waals surface area contributed by atoms with Gasteiger partial charge in [0, 0.05) is 17.0 Å². The second-order valence-electron chi connectivity index (χ2n) is 4.03. The van der Waals surface area contributed by atoms with Crippen LogP contribution in [-0.2, 0) is 11.2 Å². The summed E-state index contributed by atoms with van der Waals surface area (Å²) >= 11 is 0. The van der Waals surface area contributed by atoms with Gasteiger partial charge in [0.1, 0.15) is 5.78 Å². The van der Waals surface area contributed by atoms with Crippen LogP contribution in [0.25, 0.3) is 11.4 Å². The first-order valence-corrected chi connectivity index (χ1v) is 5.32. The largest absolute Gasteiger partial charge is 0.339 e. The zero-order valence-corrected chi connectivity index (χ0v) is 10.0. The number of ketones is 1. The SMILES string of the molecule is CC(=O)Cc1nc(-c2cc(C)nc(C)c2)no1. The van der Waals surface area contributed by atoms with Crippen LogP contribution in [0.1, 0.15) is 24.2 Å². The van der Waals surface area contributed by atoms with Gasteiger partial charge in [0.15, 0.2) is 0 Å². The lowest BCUT2D eigenvalue weighted by Gasteiger charge is -1.98. The molecule has 0 unspecified atom stereocenters. The fourth-order valence-electron chi connectivity index (χ4n) is 1.62. The van der Waals surface area contributed by atoms with Crippen molar-refractivity contribution in [1.82, 2.24) is 15.1 Å². The molecule has 0 bridgehead atoms. The number of rotatable bonds is 3. The van der Waals surface area contributed by atoms with E-state index in [-0.39, 0.29) is 12.2 Å². The maximum Gasteiger partial charge on any atom is 0.234 e. The third-order valence-electron chi connectivity index (χ3n) is 2.21. The standard InChI is InChI=1S/C12H13N3O2/c1-7-4-10(5-8(2)13-7)12-14-11(17-15-12)6-9(3)16/h4-5H,6H2,1-3H3. The predicted octanol–water partition coefficient (Wildman–Crippen LogP) is 1.88. The molecule has 2 rings (SSSR count). The van der Waals surface area contributed by atoms with E-state index in [1.54, 1.807) is 0 Å². The minimum Gasteiger partial charge on any atom is -0.339 e. The Morgan fingerprint density at radius 3 is 2.47 bits per heavy atom. The molecule has 0 aliphatic heterocycles. The van der Waals surface area contributed by atoms with Crippen LogP contribution in [0.2, 0.25) is 0 Å². The summed E-state index contributed by atoms with van der Waals surface area (Å²) in [7, 11) is 0. The number of hydrogen-bond donors (Lipinski definition) is 0. The summed E-state index contributed by atoms with van der Waals surface area (Å²) in [4.78, 5) is 19.4. The average molecular weight is 231 g/mol. The smallest absolute Gasteiger partial charge is 0.234 e. The van der Waals surface area contributed by atoms with Crippen molar-refractivity contribution in [3.8, 4) is 11.4 Å². The first-order valence-electron chi connectivity index (χ1n) is 5.32. The monoisotopic (exact) mass is 231 g/mol. The highest BCUT2D eigenvalue weighted by Crippen LogP contribution is 2.17. The lowest BCUT2D eigenvalue weighted by Crippen LogP contribution is -1.96. The van der Waals surface area contributed by atoms with Gasteiger partial charge < -0.3 is 4.52 Å². The fourth-order valence-corrected chi connectivity index (χ4v) is 1.62. The molecule has 2 heterocycles. The molecule has 0 amide bonds. The predicted molar refractivity (Wildman–Crippen MR) is 61.4 cm³/mol. The Bertz CT molecular complexity index is 540. The quantitative estimate of drug-likeness (QED) is 0.806. The van der Waals surface area contributed by atoms with E-state index in [0.29, 0.717) is 11.7 Å². The summed E-state index contributed by atoms with van der Waals surface area (Å²) in [6, 6.07) is 3.77. The van der Waals surface area contributed by atoms with Gasteiger partial charge in [-0.25, -0.2) is 0 Å². The van der Waals surface area contributed by atoms with E-state index in [1.165, 1.54) is 6.92 Å². The topological polar surface area (TPSA) is 68.9 Å². The highest BCUT2D eigenvalue weighted by Gasteiger charge is 2.11. The Morgan fingerprint density at radius 1 is 1.24 bits per heavy atom. The first-order chi connectivity index (χ1) is 8.04. The van der Waals surface area contributed by atoms with Crippen molar-refractivity contribution in [3.05, 3.63) is 29.4 Å². The lowest BCUT2D eigenvalue weighted by atomic mass is 10.2. The summed E-state index contributed by atoms with van der Waals surface area (Å²) in [6.07, 6.45) is 0.177. The molecule has 0 fully saturated rings. The number of pyridine rings is 1. The minimum absolute atomic E-state index is 0.00212. The molecule has 0 saturated carbocycles. The van der Waals surface area contributed by atoms with Gasteiger partial charge in [-0.2, -0.15) is 4.98 Å². The molecule has 2 aromatic rings. The van der Waals surface area contributed by atoms with E-state index in [2.05, 4.69) is 15.1 Å². The van der Waals surface area contributed by atoms with Crippen molar-refractivity contribution >= 4 is 5.78 Å². The van der Waals surface area contributed by atoms with E-state index < -0.39 is 0 Å². The number of nitrogens with zero attached hydrogens (tertiary/aromatic N) is 3. The Hall–Kier alpha value is -2.04. The molecule has 0 radical (unpaired) electrons. The van der Waals surface area contributed by atoms with E-state index in [0.717, 1.165) is 17.0 Å². The Balaban J connectivity index is 2.33. The van der Waals surface area contributed by atoms with Crippen LogP contribution in [0, 0.1) is 13.8 Å². The van der Waals surface area contributed by atoms with Gasteiger partial charge >= 0.3 is 0 Å². The van der Waals surface area contributed by atoms with E-state index in [1.807, 2.05) is 26.0 Å². The highest BCUT2D eigenvalue weighted by molar-refractivity contribution is 5.77. The van der Waals surface area contributed by atoms with Crippen molar-refractivity contribution in [2.75, 3.05) is 0 Å².